The van der Waals surface area contributed by atoms with E-state index in [1.165, 1.54) is 25.9 Å². The first-order chi connectivity index (χ1) is 16.5. The number of hydrogen-bond acceptors (Lipinski definition) is 7. The number of benzene rings is 1. The number of amides is 1. The quantitative estimate of drug-likeness (QED) is 0.569. The number of pyridine rings is 1. The molecule has 0 spiro atoms. The third-order valence-electron chi connectivity index (χ3n) is 6.56. The van der Waals surface area contributed by atoms with Gasteiger partial charge in [0.25, 0.3) is 5.91 Å². The normalized spacial score (nSPS) is 17.3. The maximum atomic E-state index is 12.3. The molecule has 0 bridgehead atoms. The van der Waals surface area contributed by atoms with Gasteiger partial charge in [-0.1, -0.05) is 11.6 Å². The number of nitrogens with one attached hydrogen (secondary N) is 1. The molecule has 34 heavy (non-hydrogen) atoms. The zero-order valence-corrected chi connectivity index (χ0v) is 20.1. The van der Waals surface area contributed by atoms with Crippen LogP contribution in [0.25, 0.3) is 11.0 Å². The minimum absolute atomic E-state index is 0.122. The SMILES string of the molecule is Cc1nc(N2CCC(N3CCCC3)CC2)nc2ccc(NC(=O)COc3ccc(Cl)cc3)nc12. The number of aromatic nitrogens is 3. The number of anilines is 2. The van der Waals surface area contributed by atoms with Crippen LogP contribution >= 0.6 is 11.6 Å². The summed E-state index contributed by atoms with van der Waals surface area (Å²) in [6, 6.07) is 11.2. The third kappa shape index (κ3) is 5.23. The highest BCUT2D eigenvalue weighted by Crippen LogP contribution is 2.25. The molecular formula is C25H29ClN6O2. The van der Waals surface area contributed by atoms with Gasteiger partial charge in [-0.05, 0) is 82.1 Å². The number of rotatable bonds is 6. The predicted octanol–water partition coefficient (Wildman–Crippen LogP) is 4.07. The van der Waals surface area contributed by atoms with Crippen molar-refractivity contribution in [3.8, 4) is 5.75 Å². The second kappa shape index (κ2) is 10.1. The summed E-state index contributed by atoms with van der Waals surface area (Å²) in [5, 5.41) is 3.40. The lowest BCUT2D eigenvalue weighted by Gasteiger charge is -2.36. The highest BCUT2D eigenvalue weighted by molar-refractivity contribution is 6.30. The minimum atomic E-state index is -0.294. The van der Waals surface area contributed by atoms with Gasteiger partial charge in [-0.2, -0.15) is 0 Å². The van der Waals surface area contributed by atoms with Crippen LogP contribution in [0.3, 0.4) is 0 Å². The number of fused-ring (bicyclic) bond motifs is 1. The maximum absolute atomic E-state index is 12.3. The van der Waals surface area contributed by atoms with Crippen molar-refractivity contribution in [3.05, 3.63) is 47.1 Å². The van der Waals surface area contributed by atoms with E-state index < -0.39 is 0 Å². The maximum Gasteiger partial charge on any atom is 0.263 e. The Morgan fingerprint density at radius 1 is 1.03 bits per heavy atom. The lowest BCUT2D eigenvalue weighted by atomic mass is 10.0. The van der Waals surface area contributed by atoms with Crippen molar-refractivity contribution in [1.29, 1.82) is 0 Å². The van der Waals surface area contributed by atoms with Crippen molar-refractivity contribution < 1.29 is 9.53 Å². The zero-order chi connectivity index (χ0) is 23.5. The number of hydrogen-bond donors (Lipinski definition) is 1. The van der Waals surface area contributed by atoms with Gasteiger partial charge in [0.05, 0.1) is 11.2 Å². The number of nitrogens with zero attached hydrogens (tertiary/aromatic N) is 5. The molecule has 0 aliphatic carbocycles. The predicted molar refractivity (Wildman–Crippen MR) is 134 cm³/mol. The largest absolute Gasteiger partial charge is 0.484 e. The molecule has 0 unspecified atom stereocenters. The van der Waals surface area contributed by atoms with Gasteiger partial charge in [-0.25, -0.2) is 15.0 Å². The average Bonchev–Trinajstić information content (AvgIpc) is 3.39. The first-order valence-corrected chi connectivity index (χ1v) is 12.3. The molecule has 2 fully saturated rings. The van der Waals surface area contributed by atoms with Crippen molar-refractivity contribution in [2.45, 2.75) is 38.6 Å². The summed E-state index contributed by atoms with van der Waals surface area (Å²) in [7, 11) is 0. The van der Waals surface area contributed by atoms with Crippen LogP contribution in [-0.4, -0.2) is 64.6 Å². The Hall–Kier alpha value is -2.97. The van der Waals surface area contributed by atoms with E-state index in [9.17, 15) is 4.79 Å². The summed E-state index contributed by atoms with van der Waals surface area (Å²) >= 11 is 5.87. The Kier molecular flexibility index (Phi) is 6.78. The lowest BCUT2D eigenvalue weighted by Crippen LogP contribution is -2.44. The summed E-state index contributed by atoms with van der Waals surface area (Å²) in [6.45, 7) is 6.25. The van der Waals surface area contributed by atoms with Gasteiger partial charge in [0.1, 0.15) is 17.1 Å². The van der Waals surface area contributed by atoms with Gasteiger partial charge in [-0.15, -0.1) is 0 Å². The molecule has 3 aromatic rings. The monoisotopic (exact) mass is 480 g/mol. The van der Waals surface area contributed by atoms with E-state index in [-0.39, 0.29) is 12.5 Å². The van der Waals surface area contributed by atoms with Gasteiger partial charge >= 0.3 is 0 Å². The smallest absolute Gasteiger partial charge is 0.263 e. The molecule has 5 rings (SSSR count). The van der Waals surface area contributed by atoms with E-state index in [0.717, 1.165) is 43.1 Å². The number of aryl methyl sites for hydroxylation is 1. The Morgan fingerprint density at radius 3 is 2.50 bits per heavy atom. The summed E-state index contributed by atoms with van der Waals surface area (Å²) in [6.07, 6.45) is 4.97. The molecule has 0 radical (unpaired) electrons. The molecule has 2 aromatic heterocycles. The van der Waals surface area contributed by atoms with Gasteiger partial charge < -0.3 is 19.9 Å². The Labute approximate surface area is 204 Å². The molecule has 9 heteroatoms. The minimum Gasteiger partial charge on any atom is -0.484 e. The lowest BCUT2D eigenvalue weighted by molar-refractivity contribution is -0.118. The number of piperidine rings is 1. The Morgan fingerprint density at radius 2 is 1.76 bits per heavy atom. The van der Waals surface area contributed by atoms with E-state index >= 15 is 0 Å². The zero-order valence-electron chi connectivity index (χ0n) is 19.3. The van der Waals surface area contributed by atoms with Crippen molar-refractivity contribution in [3.63, 3.8) is 0 Å². The van der Waals surface area contributed by atoms with Gasteiger partial charge in [0.15, 0.2) is 6.61 Å². The van der Waals surface area contributed by atoms with Crippen LogP contribution in [0, 0.1) is 6.92 Å². The molecular weight excluding hydrogens is 452 g/mol. The fourth-order valence-electron chi connectivity index (χ4n) is 4.75. The van der Waals surface area contributed by atoms with Crippen LogP contribution in [0.2, 0.25) is 5.02 Å². The van der Waals surface area contributed by atoms with Crippen molar-refractivity contribution in [2.24, 2.45) is 0 Å². The van der Waals surface area contributed by atoms with Crippen molar-refractivity contribution >= 4 is 40.3 Å². The molecule has 1 amide bonds. The molecule has 2 aliphatic heterocycles. The molecule has 1 aromatic carbocycles. The van der Waals surface area contributed by atoms with Crippen LogP contribution in [0.15, 0.2) is 36.4 Å². The first-order valence-electron chi connectivity index (χ1n) is 11.9. The summed E-state index contributed by atoms with van der Waals surface area (Å²) in [5.41, 5.74) is 2.27. The van der Waals surface area contributed by atoms with Gasteiger partial charge in [0.2, 0.25) is 5.95 Å². The number of carbonyl (C=O) groups is 1. The molecule has 0 saturated carbocycles. The van der Waals surface area contributed by atoms with Crippen molar-refractivity contribution in [1.82, 2.24) is 19.9 Å². The van der Waals surface area contributed by atoms with Crippen LogP contribution in [0.5, 0.6) is 5.75 Å². The number of carbonyl (C=O) groups excluding carboxylic acids is 1. The number of halogens is 1. The third-order valence-corrected chi connectivity index (χ3v) is 6.81. The average molecular weight is 481 g/mol. The standard InChI is InChI=1S/C25H29ClN6O2/c1-17-24-21(28-25(27-17)32-14-10-19(11-15-32)31-12-2-3-13-31)8-9-22(30-24)29-23(33)16-34-20-6-4-18(26)5-7-20/h4-9,19H,2-3,10-16H2,1H3,(H,29,30,33). The fraction of sp³-hybridized carbons (Fsp3) is 0.440. The summed E-state index contributed by atoms with van der Waals surface area (Å²) in [4.78, 5) is 31.3. The first kappa shape index (κ1) is 22.8. The Balaban J connectivity index is 1.21. The second-order valence-corrected chi connectivity index (χ2v) is 9.36. The van der Waals surface area contributed by atoms with Gasteiger partial charge in [-0.3, -0.25) is 4.79 Å². The molecule has 2 aliphatic rings. The van der Waals surface area contributed by atoms with Crippen molar-refractivity contribution in [2.75, 3.05) is 43.0 Å². The van der Waals surface area contributed by atoms with Crippen LogP contribution in [0.4, 0.5) is 11.8 Å². The van der Waals surface area contributed by atoms with E-state index in [2.05, 4.69) is 20.1 Å². The van der Waals surface area contributed by atoms with Crippen LogP contribution in [0.1, 0.15) is 31.4 Å². The van der Waals surface area contributed by atoms with Gasteiger partial charge in [0, 0.05) is 24.2 Å². The second-order valence-electron chi connectivity index (χ2n) is 8.93. The molecule has 0 atom stereocenters. The van der Waals surface area contributed by atoms with Crippen LogP contribution < -0.4 is 15.0 Å². The molecule has 2 saturated heterocycles. The van der Waals surface area contributed by atoms with E-state index in [1.807, 2.05) is 13.0 Å². The Bertz CT molecular complexity index is 1160. The molecule has 8 nitrogen and oxygen atoms in total. The van der Waals surface area contributed by atoms with E-state index in [4.69, 9.17) is 26.3 Å². The summed E-state index contributed by atoms with van der Waals surface area (Å²) in [5.74, 6) is 1.49. The molecule has 4 heterocycles. The molecule has 1 N–H and O–H groups in total. The van der Waals surface area contributed by atoms with E-state index in [0.29, 0.717) is 28.1 Å². The highest BCUT2D eigenvalue weighted by atomic mass is 35.5. The topological polar surface area (TPSA) is 83.5 Å². The molecule has 178 valence electrons. The fourth-order valence-corrected chi connectivity index (χ4v) is 4.88. The highest BCUT2D eigenvalue weighted by Gasteiger charge is 2.27. The van der Waals surface area contributed by atoms with E-state index in [1.54, 1.807) is 30.3 Å². The number of likely N-dealkylation sites (tertiary alicyclic amines) is 1. The number of ether oxygens (including phenoxy) is 1. The summed E-state index contributed by atoms with van der Waals surface area (Å²) < 4.78 is 5.50. The van der Waals surface area contributed by atoms with Crippen LogP contribution in [-0.2, 0) is 4.79 Å².